The predicted molar refractivity (Wildman–Crippen MR) is 68.5 cm³/mol. The first-order valence-electron chi connectivity index (χ1n) is 6.05. The van der Waals surface area contributed by atoms with Gasteiger partial charge >= 0.3 is 5.97 Å². The topological polar surface area (TPSA) is 66.8 Å². The summed E-state index contributed by atoms with van der Waals surface area (Å²) < 4.78 is 5.17. The number of phenolic OH excluding ortho intramolecular Hbond substituents is 2. The minimum Gasteiger partial charge on any atom is -0.508 e. The molecule has 0 aliphatic heterocycles. The van der Waals surface area contributed by atoms with Gasteiger partial charge in [-0.3, -0.25) is 4.79 Å². The lowest BCUT2D eigenvalue weighted by Gasteiger charge is -2.20. The molecule has 100 valence electrons. The molecule has 0 unspecified atom stereocenters. The van der Waals surface area contributed by atoms with Gasteiger partial charge in [0.2, 0.25) is 0 Å². The number of aromatic hydroxyl groups is 2. The van der Waals surface area contributed by atoms with Crippen LogP contribution in [0, 0.1) is 5.41 Å². The summed E-state index contributed by atoms with van der Waals surface area (Å²) in [7, 11) is 0. The van der Waals surface area contributed by atoms with Crippen LogP contribution in [-0.4, -0.2) is 22.8 Å². The van der Waals surface area contributed by atoms with E-state index in [4.69, 9.17) is 9.84 Å². The highest BCUT2D eigenvalue weighted by Gasteiger charge is 2.26. The molecule has 0 amide bonds. The summed E-state index contributed by atoms with van der Waals surface area (Å²) in [5.41, 5.74) is 0.173. The van der Waals surface area contributed by atoms with Crippen LogP contribution in [0.3, 0.4) is 0 Å². The lowest BCUT2D eigenvalue weighted by Crippen LogP contribution is -2.26. The summed E-state index contributed by atoms with van der Waals surface area (Å²) in [6, 6.07) is 4.38. The molecule has 0 fully saturated rings. The van der Waals surface area contributed by atoms with Crippen molar-refractivity contribution in [1.82, 2.24) is 0 Å². The first-order valence-corrected chi connectivity index (χ1v) is 6.05. The van der Waals surface area contributed by atoms with Gasteiger partial charge in [-0.25, -0.2) is 0 Å². The van der Waals surface area contributed by atoms with Crippen molar-refractivity contribution in [2.24, 2.45) is 5.41 Å². The van der Waals surface area contributed by atoms with Gasteiger partial charge < -0.3 is 14.9 Å². The van der Waals surface area contributed by atoms with E-state index in [0.29, 0.717) is 12.0 Å². The van der Waals surface area contributed by atoms with Crippen molar-refractivity contribution < 1.29 is 19.7 Å². The standard InChI is InChI=1S/C14H20O4/c1-4-14(2,3)13(17)18-8-7-10-5-6-11(15)9-12(10)16/h5-6,9,15-16H,4,7-8H2,1-3H3. The number of carbonyl (C=O) groups excluding carboxylic acids is 1. The third kappa shape index (κ3) is 3.65. The fourth-order valence-electron chi connectivity index (χ4n) is 1.36. The number of ether oxygens (including phenoxy) is 1. The van der Waals surface area contributed by atoms with Crippen LogP contribution in [0.1, 0.15) is 32.8 Å². The Balaban J connectivity index is 2.50. The van der Waals surface area contributed by atoms with E-state index in [0.717, 1.165) is 6.42 Å². The molecule has 2 N–H and O–H groups in total. The number of rotatable bonds is 5. The lowest BCUT2D eigenvalue weighted by atomic mass is 9.91. The van der Waals surface area contributed by atoms with E-state index in [1.807, 2.05) is 20.8 Å². The van der Waals surface area contributed by atoms with E-state index in [1.165, 1.54) is 12.1 Å². The smallest absolute Gasteiger partial charge is 0.311 e. The van der Waals surface area contributed by atoms with E-state index in [-0.39, 0.29) is 24.1 Å². The third-order valence-corrected chi connectivity index (χ3v) is 3.11. The van der Waals surface area contributed by atoms with Crippen molar-refractivity contribution in [1.29, 1.82) is 0 Å². The highest BCUT2D eigenvalue weighted by atomic mass is 16.5. The van der Waals surface area contributed by atoms with Gasteiger partial charge in [0, 0.05) is 12.5 Å². The van der Waals surface area contributed by atoms with Gasteiger partial charge in [-0.05, 0) is 31.9 Å². The molecule has 1 rings (SSSR count). The van der Waals surface area contributed by atoms with E-state index in [9.17, 15) is 9.90 Å². The van der Waals surface area contributed by atoms with Crippen LogP contribution in [-0.2, 0) is 16.0 Å². The van der Waals surface area contributed by atoms with Gasteiger partial charge in [-0.15, -0.1) is 0 Å². The molecular weight excluding hydrogens is 232 g/mol. The van der Waals surface area contributed by atoms with Crippen molar-refractivity contribution in [2.75, 3.05) is 6.61 Å². The Bertz CT molecular complexity index is 424. The normalized spacial score (nSPS) is 11.3. The molecule has 4 nitrogen and oxygen atoms in total. The molecule has 18 heavy (non-hydrogen) atoms. The zero-order valence-corrected chi connectivity index (χ0v) is 11.1. The highest BCUT2D eigenvalue weighted by Crippen LogP contribution is 2.24. The summed E-state index contributed by atoms with van der Waals surface area (Å²) in [4.78, 5) is 11.7. The van der Waals surface area contributed by atoms with Crippen LogP contribution in [0.2, 0.25) is 0 Å². The molecule has 0 bridgehead atoms. The number of esters is 1. The van der Waals surface area contributed by atoms with Crippen LogP contribution in [0.25, 0.3) is 0 Å². The van der Waals surface area contributed by atoms with Crippen LogP contribution in [0.15, 0.2) is 18.2 Å². The molecule has 0 spiro atoms. The molecular formula is C14H20O4. The quantitative estimate of drug-likeness (QED) is 0.790. The van der Waals surface area contributed by atoms with E-state index in [1.54, 1.807) is 6.07 Å². The maximum atomic E-state index is 11.7. The Morgan fingerprint density at radius 2 is 2.00 bits per heavy atom. The maximum absolute atomic E-state index is 11.7. The van der Waals surface area contributed by atoms with Crippen molar-refractivity contribution in [3.05, 3.63) is 23.8 Å². The Morgan fingerprint density at radius 3 is 2.56 bits per heavy atom. The molecule has 0 aliphatic carbocycles. The molecule has 0 radical (unpaired) electrons. The predicted octanol–water partition coefficient (Wildman–Crippen LogP) is 2.62. The average molecular weight is 252 g/mol. The minimum atomic E-state index is -0.475. The summed E-state index contributed by atoms with van der Waals surface area (Å²) >= 11 is 0. The van der Waals surface area contributed by atoms with Crippen LogP contribution >= 0.6 is 0 Å². The van der Waals surface area contributed by atoms with Crippen LogP contribution < -0.4 is 0 Å². The fraction of sp³-hybridized carbons (Fsp3) is 0.500. The molecule has 1 aromatic carbocycles. The van der Waals surface area contributed by atoms with Gasteiger partial charge in [-0.1, -0.05) is 13.0 Å². The summed E-state index contributed by atoms with van der Waals surface area (Å²) in [5, 5.41) is 18.7. The summed E-state index contributed by atoms with van der Waals surface area (Å²) in [6.45, 7) is 5.84. The summed E-state index contributed by atoms with van der Waals surface area (Å²) in [6.07, 6.45) is 1.15. The SMILES string of the molecule is CCC(C)(C)C(=O)OCCc1ccc(O)cc1O. The van der Waals surface area contributed by atoms with Crippen molar-refractivity contribution >= 4 is 5.97 Å². The zero-order chi connectivity index (χ0) is 13.8. The van der Waals surface area contributed by atoms with E-state index < -0.39 is 5.41 Å². The maximum Gasteiger partial charge on any atom is 0.311 e. The molecule has 0 saturated carbocycles. The molecule has 0 heterocycles. The number of carbonyl (C=O) groups is 1. The molecule has 0 aromatic heterocycles. The van der Waals surface area contributed by atoms with Gasteiger partial charge in [0.05, 0.1) is 12.0 Å². The molecule has 1 aromatic rings. The Kier molecular flexibility index (Phi) is 4.59. The number of benzene rings is 1. The Labute approximate surface area is 107 Å². The fourth-order valence-corrected chi connectivity index (χ4v) is 1.36. The Morgan fingerprint density at radius 1 is 1.33 bits per heavy atom. The second kappa shape index (κ2) is 5.76. The minimum absolute atomic E-state index is 0.0142. The van der Waals surface area contributed by atoms with Crippen molar-refractivity contribution in [2.45, 2.75) is 33.6 Å². The van der Waals surface area contributed by atoms with Crippen LogP contribution in [0.5, 0.6) is 11.5 Å². The van der Waals surface area contributed by atoms with Crippen molar-refractivity contribution in [3.63, 3.8) is 0 Å². The van der Waals surface area contributed by atoms with Gasteiger partial charge in [-0.2, -0.15) is 0 Å². The molecule has 0 saturated heterocycles. The molecule has 4 heteroatoms. The van der Waals surface area contributed by atoms with Gasteiger partial charge in [0.1, 0.15) is 11.5 Å². The Hall–Kier alpha value is -1.71. The molecule has 0 atom stereocenters. The van der Waals surface area contributed by atoms with E-state index >= 15 is 0 Å². The zero-order valence-electron chi connectivity index (χ0n) is 11.1. The van der Waals surface area contributed by atoms with Gasteiger partial charge in [0.15, 0.2) is 0 Å². The largest absolute Gasteiger partial charge is 0.508 e. The second-order valence-corrected chi connectivity index (χ2v) is 4.94. The third-order valence-electron chi connectivity index (χ3n) is 3.11. The summed E-state index contributed by atoms with van der Waals surface area (Å²) in [5.74, 6) is -0.204. The van der Waals surface area contributed by atoms with Crippen molar-refractivity contribution in [3.8, 4) is 11.5 Å². The molecule has 0 aliphatic rings. The number of hydrogen-bond acceptors (Lipinski definition) is 4. The second-order valence-electron chi connectivity index (χ2n) is 4.94. The van der Waals surface area contributed by atoms with Gasteiger partial charge in [0.25, 0.3) is 0 Å². The number of phenols is 2. The van der Waals surface area contributed by atoms with Crippen LogP contribution in [0.4, 0.5) is 0 Å². The lowest BCUT2D eigenvalue weighted by molar-refractivity contribution is -0.154. The van der Waals surface area contributed by atoms with E-state index in [2.05, 4.69) is 0 Å². The highest BCUT2D eigenvalue weighted by molar-refractivity contribution is 5.75. The first-order chi connectivity index (χ1) is 8.36. The monoisotopic (exact) mass is 252 g/mol. The average Bonchev–Trinajstić information content (AvgIpc) is 2.31. The first kappa shape index (κ1) is 14.4. The number of hydrogen-bond donors (Lipinski definition) is 2.